The molecule has 1 atom stereocenters. The van der Waals surface area contributed by atoms with Gasteiger partial charge in [-0.1, -0.05) is 59.8 Å². The molecule has 0 spiro atoms. The van der Waals surface area contributed by atoms with Crippen molar-refractivity contribution in [3.05, 3.63) is 34.9 Å². The molecule has 1 aromatic carbocycles. The van der Waals surface area contributed by atoms with E-state index in [2.05, 4.69) is 27.3 Å². The van der Waals surface area contributed by atoms with Crippen molar-refractivity contribution in [1.29, 1.82) is 0 Å². The van der Waals surface area contributed by atoms with Gasteiger partial charge < -0.3 is 5.32 Å². The Kier molecular flexibility index (Phi) is 7.31. The number of hydrogen-bond acceptors (Lipinski definition) is 6. The van der Waals surface area contributed by atoms with E-state index in [9.17, 15) is 4.79 Å². The van der Waals surface area contributed by atoms with Crippen LogP contribution in [-0.2, 0) is 11.3 Å². The molecule has 1 N–H and O–H groups in total. The Bertz CT molecular complexity index is 739. The third kappa shape index (κ3) is 5.42. The number of aromatic nitrogens is 2. The maximum atomic E-state index is 12.6. The Labute approximate surface area is 167 Å². The van der Waals surface area contributed by atoms with Gasteiger partial charge in [0.05, 0.1) is 5.92 Å². The van der Waals surface area contributed by atoms with Gasteiger partial charge in [0.15, 0.2) is 4.34 Å². The molecule has 140 valence electrons. The molecule has 0 aliphatic carbocycles. The molecule has 0 bridgehead atoms. The molecule has 3 rings (SSSR count). The van der Waals surface area contributed by atoms with Crippen LogP contribution in [-0.4, -0.2) is 39.8 Å². The highest BCUT2D eigenvalue weighted by atomic mass is 35.5. The summed E-state index contributed by atoms with van der Waals surface area (Å²) < 4.78 is 0.908. The zero-order chi connectivity index (χ0) is 18.4. The number of likely N-dealkylation sites (tertiary alicyclic amines) is 1. The Morgan fingerprint density at radius 3 is 3.08 bits per heavy atom. The largest absolute Gasteiger partial charge is 0.300 e. The van der Waals surface area contributed by atoms with Crippen LogP contribution in [0.2, 0.25) is 5.02 Å². The van der Waals surface area contributed by atoms with Crippen molar-refractivity contribution < 1.29 is 4.79 Å². The van der Waals surface area contributed by atoms with Crippen LogP contribution >= 0.6 is 34.7 Å². The fraction of sp³-hybridized carbons (Fsp3) is 0.500. The molecular formula is C18H23ClN4OS2. The number of thioether (sulfide) groups is 1. The molecule has 1 fully saturated rings. The topological polar surface area (TPSA) is 58.1 Å². The monoisotopic (exact) mass is 410 g/mol. The van der Waals surface area contributed by atoms with Gasteiger partial charge in [0.1, 0.15) is 0 Å². The van der Waals surface area contributed by atoms with Crippen molar-refractivity contribution in [3.8, 4) is 0 Å². The van der Waals surface area contributed by atoms with E-state index in [0.29, 0.717) is 5.13 Å². The molecule has 2 heterocycles. The van der Waals surface area contributed by atoms with Crippen LogP contribution in [0.3, 0.4) is 0 Å². The molecule has 26 heavy (non-hydrogen) atoms. The van der Waals surface area contributed by atoms with Crippen molar-refractivity contribution in [2.24, 2.45) is 5.92 Å². The van der Waals surface area contributed by atoms with Crippen LogP contribution in [0, 0.1) is 5.92 Å². The van der Waals surface area contributed by atoms with E-state index in [1.807, 2.05) is 24.3 Å². The molecule has 0 radical (unpaired) electrons. The first-order chi connectivity index (χ1) is 12.7. The zero-order valence-electron chi connectivity index (χ0n) is 14.8. The first-order valence-corrected chi connectivity index (χ1v) is 11.1. The number of hydrogen-bond donors (Lipinski definition) is 1. The fourth-order valence-corrected chi connectivity index (χ4v) is 4.87. The summed E-state index contributed by atoms with van der Waals surface area (Å²) in [6.07, 6.45) is 3.01. The van der Waals surface area contributed by atoms with E-state index >= 15 is 0 Å². The second-order valence-corrected chi connectivity index (χ2v) is 9.10. The molecule has 1 aliphatic heterocycles. The van der Waals surface area contributed by atoms with Crippen molar-refractivity contribution in [2.45, 2.75) is 37.1 Å². The lowest BCUT2D eigenvalue weighted by Crippen LogP contribution is -2.40. The van der Waals surface area contributed by atoms with E-state index in [4.69, 9.17) is 11.6 Å². The van der Waals surface area contributed by atoms with E-state index in [0.717, 1.165) is 59.6 Å². The summed E-state index contributed by atoms with van der Waals surface area (Å²) in [5.41, 5.74) is 1.11. The van der Waals surface area contributed by atoms with Crippen LogP contribution in [0.5, 0.6) is 0 Å². The van der Waals surface area contributed by atoms with Crippen molar-refractivity contribution in [2.75, 3.05) is 24.2 Å². The highest BCUT2D eigenvalue weighted by Gasteiger charge is 2.26. The van der Waals surface area contributed by atoms with Gasteiger partial charge in [-0.15, -0.1) is 10.2 Å². The Morgan fingerprint density at radius 2 is 2.27 bits per heavy atom. The molecule has 8 heteroatoms. The molecule has 1 saturated heterocycles. The maximum absolute atomic E-state index is 12.6. The van der Waals surface area contributed by atoms with Crippen LogP contribution in [0.25, 0.3) is 0 Å². The quantitative estimate of drug-likeness (QED) is 0.536. The lowest BCUT2D eigenvalue weighted by molar-refractivity contribution is -0.121. The van der Waals surface area contributed by atoms with Gasteiger partial charge in [-0.2, -0.15) is 0 Å². The number of halogens is 1. The minimum Gasteiger partial charge on any atom is -0.300 e. The minimum absolute atomic E-state index is 0.0260. The molecular weight excluding hydrogens is 388 g/mol. The molecule has 1 aliphatic rings. The lowest BCUT2D eigenvalue weighted by Gasteiger charge is -2.32. The van der Waals surface area contributed by atoms with Gasteiger partial charge in [0.2, 0.25) is 11.0 Å². The zero-order valence-corrected chi connectivity index (χ0v) is 17.2. The van der Waals surface area contributed by atoms with Gasteiger partial charge in [-0.3, -0.25) is 9.69 Å². The minimum atomic E-state index is -0.0260. The number of carbonyl (C=O) groups excluding carboxylic acids is 1. The van der Waals surface area contributed by atoms with Gasteiger partial charge in [0, 0.05) is 23.9 Å². The average Bonchev–Trinajstić information content (AvgIpc) is 3.09. The first-order valence-electron chi connectivity index (χ1n) is 8.88. The average molecular weight is 411 g/mol. The van der Waals surface area contributed by atoms with Gasteiger partial charge >= 0.3 is 0 Å². The van der Waals surface area contributed by atoms with Crippen molar-refractivity contribution >= 4 is 45.7 Å². The number of nitrogens with zero attached hydrogens (tertiary/aromatic N) is 3. The lowest BCUT2D eigenvalue weighted by atomic mass is 9.97. The first kappa shape index (κ1) is 19.6. The van der Waals surface area contributed by atoms with E-state index in [-0.39, 0.29) is 11.8 Å². The van der Waals surface area contributed by atoms with Crippen molar-refractivity contribution in [1.82, 2.24) is 15.1 Å². The fourth-order valence-electron chi connectivity index (χ4n) is 3.00. The number of amides is 1. The number of rotatable bonds is 7. The maximum Gasteiger partial charge on any atom is 0.230 e. The summed E-state index contributed by atoms with van der Waals surface area (Å²) in [4.78, 5) is 14.9. The second-order valence-electron chi connectivity index (χ2n) is 6.38. The van der Waals surface area contributed by atoms with Crippen molar-refractivity contribution in [3.63, 3.8) is 0 Å². The Hall–Kier alpha value is -1.15. The van der Waals surface area contributed by atoms with Crippen LogP contribution in [0.1, 0.15) is 31.7 Å². The number of nitrogens with one attached hydrogen (secondary N) is 1. The number of benzene rings is 1. The summed E-state index contributed by atoms with van der Waals surface area (Å²) in [7, 11) is 0. The summed E-state index contributed by atoms with van der Waals surface area (Å²) >= 11 is 9.39. The third-order valence-corrected chi connectivity index (χ3v) is 6.84. The molecule has 5 nitrogen and oxygen atoms in total. The Morgan fingerprint density at radius 1 is 1.42 bits per heavy atom. The highest BCUT2D eigenvalue weighted by Crippen LogP contribution is 2.27. The van der Waals surface area contributed by atoms with E-state index in [1.54, 1.807) is 11.8 Å². The molecule has 2 aromatic rings. The molecule has 0 saturated carbocycles. The van der Waals surface area contributed by atoms with Crippen LogP contribution in [0.4, 0.5) is 5.13 Å². The molecule has 1 aromatic heterocycles. The Balaban J connectivity index is 1.54. The number of piperidine rings is 1. The second kappa shape index (κ2) is 9.69. The normalized spacial score (nSPS) is 18.0. The summed E-state index contributed by atoms with van der Waals surface area (Å²) in [5.74, 6) is 1.03. The van der Waals surface area contributed by atoms with Gasteiger partial charge in [-0.25, -0.2) is 0 Å². The smallest absolute Gasteiger partial charge is 0.230 e. The summed E-state index contributed by atoms with van der Waals surface area (Å²) in [5, 5.41) is 12.5. The predicted octanol–water partition coefficient (Wildman–Crippen LogP) is 4.54. The van der Waals surface area contributed by atoms with Gasteiger partial charge in [-0.05, 0) is 37.4 Å². The van der Waals surface area contributed by atoms with E-state index in [1.165, 1.54) is 11.3 Å². The number of anilines is 1. The molecule has 1 amide bonds. The van der Waals surface area contributed by atoms with E-state index < -0.39 is 0 Å². The highest BCUT2D eigenvalue weighted by molar-refractivity contribution is 8.01. The van der Waals surface area contributed by atoms with Crippen LogP contribution in [0.15, 0.2) is 28.6 Å². The standard InChI is InChI=1S/C18H23ClN4OS2/c1-2-10-25-18-22-21-17(26-18)20-16(24)14-7-5-9-23(12-14)11-13-6-3-4-8-15(13)19/h3-4,6,8,14H,2,5,7,9-12H2,1H3,(H,20,21,24)/t14-/m1/s1. The number of carbonyl (C=O) groups is 1. The summed E-state index contributed by atoms with van der Waals surface area (Å²) in [6.45, 7) is 4.65. The third-order valence-electron chi connectivity index (χ3n) is 4.29. The summed E-state index contributed by atoms with van der Waals surface area (Å²) in [6, 6.07) is 7.89. The predicted molar refractivity (Wildman–Crippen MR) is 109 cm³/mol. The van der Waals surface area contributed by atoms with Crippen LogP contribution < -0.4 is 5.32 Å². The SMILES string of the molecule is CCCSc1nnc(NC(=O)[C@@H]2CCCN(Cc3ccccc3Cl)C2)s1. The van der Waals surface area contributed by atoms with Gasteiger partial charge in [0.25, 0.3) is 0 Å². The molecule has 0 unspecified atom stereocenters.